The third-order valence-electron chi connectivity index (χ3n) is 10.3. The molecule has 0 amide bonds. The molecule has 10 rings (SSSR count). The Hall–Kier alpha value is -6.98. The van der Waals surface area contributed by atoms with Gasteiger partial charge in [0.15, 0.2) is 0 Å². The number of benzene rings is 8. The molecule has 0 saturated heterocycles. The van der Waals surface area contributed by atoms with E-state index in [9.17, 15) is 0 Å². The normalized spacial score (nSPS) is 12.2. The lowest BCUT2D eigenvalue weighted by Crippen LogP contribution is -2.59. The second-order valence-corrected chi connectivity index (χ2v) is 13.4. The summed E-state index contributed by atoms with van der Waals surface area (Å²) >= 11 is 0. The highest BCUT2D eigenvalue weighted by molar-refractivity contribution is 6.99. The van der Waals surface area contributed by atoms with Crippen LogP contribution in [0.25, 0.3) is 0 Å². The molecule has 0 aliphatic carbocycles. The fraction of sp³-hybridized carbons (Fsp3) is 0. The number of ether oxygens (including phenoxy) is 1. The summed E-state index contributed by atoms with van der Waals surface area (Å²) in [7, 11) is 0. The Balaban J connectivity index is 1.17. The summed E-state index contributed by atoms with van der Waals surface area (Å²) < 4.78 is 6.90. The lowest BCUT2D eigenvalue weighted by molar-refractivity contribution is 0.487. The Morgan fingerprint density at radius 2 is 0.830 bits per heavy atom. The third-order valence-corrected chi connectivity index (χ3v) is 10.3. The number of para-hydroxylation sites is 5. The van der Waals surface area contributed by atoms with Crippen molar-refractivity contribution < 1.29 is 4.74 Å². The molecule has 0 fully saturated rings. The first-order valence-corrected chi connectivity index (χ1v) is 18.1. The minimum absolute atomic E-state index is 0.0215. The Morgan fingerprint density at radius 3 is 1.36 bits per heavy atom. The highest BCUT2D eigenvalue weighted by Crippen LogP contribution is 2.44. The van der Waals surface area contributed by atoms with Crippen molar-refractivity contribution in [1.29, 1.82) is 0 Å². The van der Waals surface area contributed by atoms with Crippen LogP contribution in [0.15, 0.2) is 206 Å². The van der Waals surface area contributed by atoms with Gasteiger partial charge in [0, 0.05) is 57.3 Å². The van der Waals surface area contributed by atoms with Gasteiger partial charge in [-0.2, -0.15) is 0 Å². The maximum absolute atomic E-state index is 6.90. The fourth-order valence-corrected chi connectivity index (χ4v) is 7.99. The summed E-state index contributed by atoms with van der Waals surface area (Å²) in [6.07, 6.45) is 0. The molecule has 53 heavy (non-hydrogen) atoms. The zero-order valence-corrected chi connectivity index (χ0v) is 29.0. The molecule has 8 aromatic rings. The average molecular weight is 680 g/mol. The molecule has 8 aromatic carbocycles. The first-order chi connectivity index (χ1) is 26.3. The molecule has 5 heteroatoms. The molecule has 2 heterocycles. The van der Waals surface area contributed by atoms with Crippen molar-refractivity contribution in [3.8, 4) is 11.5 Å². The predicted molar refractivity (Wildman–Crippen MR) is 222 cm³/mol. The van der Waals surface area contributed by atoms with E-state index in [0.717, 1.165) is 68.1 Å². The minimum Gasteiger partial charge on any atom is -0.458 e. The average Bonchev–Trinajstić information content (AvgIpc) is 3.23. The molecule has 0 radical (unpaired) electrons. The SMILES string of the molecule is c1ccc(N(c2ccccc2)c2ccc3c(c2)Oc2cccc4c2B3c2ccc(N(c3ccccc3)c3ccccc3)cc2N4c2ccccc2)cc1. The van der Waals surface area contributed by atoms with Gasteiger partial charge in [0.05, 0.1) is 0 Å². The lowest BCUT2D eigenvalue weighted by Gasteiger charge is -2.40. The van der Waals surface area contributed by atoms with Crippen molar-refractivity contribution in [1.82, 2.24) is 0 Å². The van der Waals surface area contributed by atoms with Crippen LogP contribution in [-0.2, 0) is 0 Å². The summed E-state index contributed by atoms with van der Waals surface area (Å²) in [5.74, 6) is 1.75. The topological polar surface area (TPSA) is 19.0 Å². The molecule has 250 valence electrons. The van der Waals surface area contributed by atoms with Crippen molar-refractivity contribution in [3.05, 3.63) is 206 Å². The number of anilines is 9. The van der Waals surface area contributed by atoms with Crippen LogP contribution in [0.1, 0.15) is 0 Å². The van der Waals surface area contributed by atoms with Crippen LogP contribution < -0.4 is 35.8 Å². The largest absolute Gasteiger partial charge is 0.458 e. The van der Waals surface area contributed by atoms with E-state index >= 15 is 0 Å². The standard InChI is InChI=1S/C48H34BN3O/c1-6-17-35(18-7-1)50(36-19-8-2-9-20-36)40-29-31-42-45(33-40)52(39-25-14-5-15-26-39)44-27-16-28-46-48(44)49(42)43-32-30-41(34-47(43)53-46)51(37-21-10-3-11-22-37)38-23-12-4-13-24-38/h1-34H. The molecule has 2 aliphatic heterocycles. The summed E-state index contributed by atoms with van der Waals surface area (Å²) in [6.45, 7) is -0.0215. The molecule has 4 nitrogen and oxygen atoms in total. The van der Waals surface area contributed by atoms with Crippen LogP contribution in [0.4, 0.5) is 51.2 Å². The second kappa shape index (κ2) is 13.0. The van der Waals surface area contributed by atoms with Crippen LogP contribution in [0.2, 0.25) is 0 Å². The maximum Gasteiger partial charge on any atom is 0.256 e. The molecule has 0 atom stereocenters. The van der Waals surface area contributed by atoms with E-state index in [1.165, 1.54) is 10.9 Å². The Morgan fingerprint density at radius 1 is 0.358 bits per heavy atom. The molecule has 2 aliphatic rings. The monoisotopic (exact) mass is 679 g/mol. The van der Waals surface area contributed by atoms with E-state index in [1.54, 1.807) is 0 Å². The van der Waals surface area contributed by atoms with Gasteiger partial charge in [-0.05, 0) is 107 Å². The number of fused-ring (bicyclic) bond motifs is 4. The Kier molecular flexibility index (Phi) is 7.54. The van der Waals surface area contributed by atoms with Crippen LogP contribution in [-0.4, -0.2) is 6.71 Å². The number of nitrogens with zero attached hydrogens (tertiary/aromatic N) is 3. The Labute approximate surface area is 310 Å². The molecule has 0 spiro atoms. The molecule has 0 unspecified atom stereocenters. The number of hydrogen-bond acceptors (Lipinski definition) is 4. The van der Waals surface area contributed by atoms with E-state index in [0.29, 0.717) is 0 Å². The molecule has 0 bridgehead atoms. The zero-order valence-electron chi connectivity index (χ0n) is 29.0. The summed E-state index contributed by atoms with van der Waals surface area (Å²) in [6, 6.07) is 73.0. The third kappa shape index (κ3) is 5.33. The molecule has 0 aromatic heterocycles. The van der Waals surface area contributed by atoms with Gasteiger partial charge < -0.3 is 19.4 Å². The lowest BCUT2D eigenvalue weighted by atomic mass is 9.34. The molecular weight excluding hydrogens is 645 g/mol. The van der Waals surface area contributed by atoms with Gasteiger partial charge in [-0.15, -0.1) is 0 Å². The first-order valence-electron chi connectivity index (χ1n) is 18.1. The minimum atomic E-state index is -0.0215. The number of rotatable bonds is 7. The van der Waals surface area contributed by atoms with Crippen LogP contribution in [0, 0.1) is 0 Å². The van der Waals surface area contributed by atoms with Gasteiger partial charge >= 0.3 is 0 Å². The molecule has 0 N–H and O–H groups in total. The van der Waals surface area contributed by atoms with Crippen molar-refractivity contribution in [2.75, 3.05) is 14.7 Å². The van der Waals surface area contributed by atoms with Gasteiger partial charge in [0.1, 0.15) is 11.5 Å². The highest BCUT2D eigenvalue weighted by Gasteiger charge is 2.42. The maximum atomic E-state index is 6.90. The Bertz CT molecular complexity index is 2470. The van der Waals surface area contributed by atoms with E-state index < -0.39 is 0 Å². The first kappa shape index (κ1) is 30.8. The van der Waals surface area contributed by atoms with Crippen LogP contribution >= 0.6 is 0 Å². The highest BCUT2D eigenvalue weighted by atomic mass is 16.5. The fourth-order valence-electron chi connectivity index (χ4n) is 7.99. The van der Waals surface area contributed by atoms with E-state index in [4.69, 9.17) is 4.74 Å². The van der Waals surface area contributed by atoms with E-state index in [1.807, 2.05) is 0 Å². The van der Waals surface area contributed by atoms with E-state index in [-0.39, 0.29) is 6.71 Å². The van der Waals surface area contributed by atoms with Gasteiger partial charge in [0.25, 0.3) is 6.71 Å². The van der Waals surface area contributed by atoms with Crippen molar-refractivity contribution in [3.63, 3.8) is 0 Å². The summed E-state index contributed by atoms with van der Waals surface area (Å²) in [4.78, 5) is 7.02. The smallest absolute Gasteiger partial charge is 0.256 e. The number of hydrogen-bond donors (Lipinski definition) is 0. The van der Waals surface area contributed by atoms with Gasteiger partial charge in [0.2, 0.25) is 0 Å². The van der Waals surface area contributed by atoms with Gasteiger partial charge in [-0.25, -0.2) is 0 Å². The van der Waals surface area contributed by atoms with Crippen LogP contribution in [0.3, 0.4) is 0 Å². The molecule has 0 saturated carbocycles. The van der Waals surface area contributed by atoms with E-state index in [2.05, 4.69) is 221 Å². The van der Waals surface area contributed by atoms with Crippen LogP contribution in [0.5, 0.6) is 11.5 Å². The van der Waals surface area contributed by atoms with Crippen molar-refractivity contribution >= 4 is 74.3 Å². The summed E-state index contributed by atoms with van der Waals surface area (Å²) in [5, 5.41) is 0. The van der Waals surface area contributed by atoms with Gasteiger partial charge in [-0.3, -0.25) is 0 Å². The second-order valence-electron chi connectivity index (χ2n) is 13.4. The molecular formula is C48H34BN3O. The summed E-state index contributed by atoms with van der Waals surface area (Å²) in [5.41, 5.74) is 13.5. The van der Waals surface area contributed by atoms with Crippen molar-refractivity contribution in [2.45, 2.75) is 0 Å². The van der Waals surface area contributed by atoms with Crippen molar-refractivity contribution in [2.24, 2.45) is 0 Å². The quantitative estimate of drug-likeness (QED) is 0.156. The zero-order chi connectivity index (χ0) is 35.1. The van der Waals surface area contributed by atoms with Gasteiger partial charge in [-0.1, -0.05) is 109 Å². The predicted octanol–water partition coefficient (Wildman–Crippen LogP) is 11.0.